The van der Waals surface area contributed by atoms with Gasteiger partial charge >= 0.3 is 0 Å². The highest BCUT2D eigenvalue weighted by Crippen LogP contribution is 2.02. The lowest BCUT2D eigenvalue weighted by Crippen LogP contribution is -1.94. The Hall–Kier alpha value is 0.845. The van der Waals surface area contributed by atoms with Crippen molar-refractivity contribution in [2.45, 2.75) is 0 Å². The van der Waals surface area contributed by atoms with E-state index in [9.17, 15) is 0 Å². The zero-order valence-corrected chi connectivity index (χ0v) is 5.89. The van der Waals surface area contributed by atoms with Gasteiger partial charge in [-0.3, -0.25) is 0 Å². The minimum Gasteiger partial charge on any atom is -0.378 e. The summed E-state index contributed by atoms with van der Waals surface area (Å²) in [5.41, 5.74) is 0. The molecule has 0 saturated carbocycles. The van der Waals surface area contributed by atoms with Gasteiger partial charge in [0.15, 0.2) is 0 Å². The van der Waals surface area contributed by atoms with Crippen LogP contribution in [-0.2, 0) is 0 Å². The zero-order valence-electron chi connectivity index (χ0n) is 3.89. The second kappa shape index (κ2) is 6.84. The van der Waals surface area contributed by atoms with Crippen LogP contribution in [0.1, 0.15) is 0 Å². The molecular formula is C2H8BO2P2. The first-order valence-electron chi connectivity index (χ1n) is 1.97. The molecule has 2 nitrogen and oxygen atoms in total. The van der Waals surface area contributed by atoms with Crippen molar-refractivity contribution in [1.82, 2.24) is 0 Å². The lowest BCUT2D eigenvalue weighted by Gasteiger charge is -1.87. The second-order valence-electron chi connectivity index (χ2n) is 1.01. The highest BCUT2D eigenvalue weighted by atomic mass is 31.1. The Morgan fingerprint density at radius 1 is 1.14 bits per heavy atom. The molecule has 0 rings (SSSR count). The van der Waals surface area contributed by atoms with Gasteiger partial charge in [-0.15, -0.1) is 0 Å². The van der Waals surface area contributed by atoms with E-state index in [1.165, 1.54) is 0 Å². The molecule has 1 radical (unpaired) electrons. The summed E-state index contributed by atoms with van der Waals surface area (Å²) in [4.78, 5) is 16.4. The van der Waals surface area contributed by atoms with Crippen LogP contribution in [0.3, 0.4) is 0 Å². The second-order valence-corrected chi connectivity index (χ2v) is 2.46. The van der Waals surface area contributed by atoms with Crippen LogP contribution in [-0.4, -0.2) is 29.2 Å². The van der Waals surface area contributed by atoms with Gasteiger partial charge in [0.05, 0.1) is 0 Å². The molecule has 41 valence electrons. The number of hydrogen-bond donors (Lipinski definition) is 2. The van der Waals surface area contributed by atoms with Gasteiger partial charge in [0.1, 0.15) is 7.28 Å². The van der Waals surface area contributed by atoms with E-state index in [0.29, 0.717) is 0 Å². The average Bonchev–Trinajstić information content (AvgIpc) is 1.69. The lowest BCUT2D eigenvalue weighted by atomic mass is 9.86. The molecule has 7 heavy (non-hydrogen) atoms. The molecule has 0 amide bonds. The fourth-order valence-corrected chi connectivity index (χ4v) is 1.04. The Kier molecular flexibility index (Phi) is 7.67. The molecular weight excluding hydrogens is 129 g/mol. The summed E-state index contributed by atoms with van der Waals surface area (Å²) in [6, 6.07) is 1.46. The third-order valence-corrected chi connectivity index (χ3v) is 1.41. The molecule has 0 fully saturated rings. The third kappa shape index (κ3) is 6.84. The number of hydrogen-bond acceptors (Lipinski definition) is 2. The highest BCUT2D eigenvalue weighted by molar-refractivity contribution is 7.37. The van der Waals surface area contributed by atoms with Crippen LogP contribution in [0.25, 0.3) is 0 Å². The zero-order chi connectivity index (χ0) is 5.54. The van der Waals surface area contributed by atoms with Gasteiger partial charge in [-0.1, -0.05) is 0 Å². The van der Waals surface area contributed by atoms with Gasteiger partial charge in [0.2, 0.25) is 0 Å². The van der Waals surface area contributed by atoms with Crippen LogP contribution in [0.5, 0.6) is 0 Å². The molecule has 0 heterocycles. The van der Waals surface area contributed by atoms with E-state index >= 15 is 0 Å². The quantitative estimate of drug-likeness (QED) is 0.319. The molecule has 2 unspecified atom stereocenters. The molecule has 5 heteroatoms. The van der Waals surface area contributed by atoms with Gasteiger partial charge in [-0.05, 0) is 12.1 Å². The minimum atomic E-state index is 0.00540. The fraction of sp³-hybridized carbons (Fsp3) is 1.00. The van der Waals surface area contributed by atoms with Crippen molar-refractivity contribution in [2.75, 3.05) is 12.1 Å². The Morgan fingerprint density at radius 3 is 1.86 bits per heavy atom. The summed E-state index contributed by atoms with van der Waals surface area (Å²) in [6.45, 7) is 0. The normalized spacial score (nSPS) is 12.3. The molecule has 0 aliphatic rings. The van der Waals surface area contributed by atoms with Crippen molar-refractivity contribution in [3.8, 4) is 0 Å². The van der Waals surface area contributed by atoms with E-state index in [1.807, 2.05) is 7.28 Å². The topological polar surface area (TPSA) is 40.5 Å². The van der Waals surface area contributed by atoms with Crippen LogP contribution >= 0.6 is 17.6 Å². The average molecular weight is 137 g/mol. The van der Waals surface area contributed by atoms with E-state index in [0.717, 1.165) is 12.1 Å². The summed E-state index contributed by atoms with van der Waals surface area (Å²) >= 11 is 0. The SMILES string of the molecule is OPC[B]CPO. The maximum Gasteiger partial charge on any atom is 0.126 e. The summed E-state index contributed by atoms with van der Waals surface area (Å²) in [5.74, 6) is 0. The van der Waals surface area contributed by atoms with Crippen LogP contribution in [0.2, 0.25) is 0 Å². The summed E-state index contributed by atoms with van der Waals surface area (Å²) in [5, 5.41) is 0. The molecule has 0 aromatic rings. The monoisotopic (exact) mass is 137 g/mol. The van der Waals surface area contributed by atoms with Crippen LogP contribution in [0.4, 0.5) is 0 Å². The van der Waals surface area contributed by atoms with Gasteiger partial charge in [-0.25, -0.2) is 0 Å². The van der Waals surface area contributed by atoms with E-state index in [1.54, 1.807) is 0 Å². The molecule has 0 bridgehead atoms. The van der Waals surface area contributed by atoms with Gasteiger partial charge in [0.25, 0.3) is 0 Å². The Morgan fingerprint density at radius 2 is 1.57 bits per heavy atom. The number of rotatable bonds is 4. The van der Waals surface area contributed by atoms with Crippen LogP contribution in [0, 0.1) is 0 Å². The van der Waals surface area contributed by atoms with Crippen molar-refractivity contribution in [3.05, 3.63) is 0 Å². The Balaban J connectivity index is 2.45. The molecule has 0 spiro atoms. The predicted molar refractivity (Wildman–Crippen MR) is 36.6 cm³/mol. The standard InChI is InChI=1S/C2H8BO2P2/c4-6-1-3-2-7-5/h4-7H,1-2H2. The maximum atomic E-state index is 8.21. The first-order chi connectivity index (χ1) is 3.41. The van der Waals surface area contributed by atoms with Crippen molar-refractivity contribution in [1.29, 1.82) is 0 Å². The Bertz CT molecular complexity index is 32.9. The molecule has 0 saturated heterocycles. The fourth-order valence-electron chi connectivity index (χ4n) is 0.201. The summed E-state index contributed by atoms with van der Waals surface area (Å²) in [7, 11) is 1.90. The van der Waals surface area contributed by atoms with Gasteiger partial charge in [0, 0.05) is 17.6 Å². The van der Waals surface area contributed by atoms with Gasteiger partial charge in [-0.2, -0.15) is 0 Å². The Labute approximate surface area is 47.7 Å². The minimum absolute atomic E-state index is 0.00540. The van der Waals surface area contributed by atoms with Crippen molar-refractivity contribution in [3.63, 3.8) is 0 Å². The molecule has 0 aliphatic heterocycles. The van der Waals surface area contributed by atoms with Crippen molar-refractivity contribution in [2.24, 2.45) is 0 Å². The first-order valence-corrected chi connectivity index (χ1v) is 4.28. The molecule has 2 N–H and O–H groups in total. The molecule has 0 aromatic carbocycles. The van der Waals surface area contributed by atoms with E-state index in [-0.39, 0.29) is 17.6 Å². The summed E-state index contributed by atoms with van der Waals surface area (Å²) in [6.07, 6.45) is 0. The predicted octanol–water partition coefficient (Wildman–Crippen LogP) is -0.223. The van der Waals surface area contributed by atoms with Crippen molar-refractivity contribution < 1.29 is 9.79 Å². The van der Waals surface area contributed by atoms with E-state index in [2.05, 4.69) is 0 Å². The van der Waals surface area contributed by atoms with Crippen molar-refractivity contribution >= 4 is 24.9 Å². The molecule has 0 aliphatic carbocycles. The molecule has 0 aromatic heterocycles. The molecule has 2 atom stereocenters. The maximum absolute atomic E-state index is 8.21. The van der Waals surface area contributed by atoms with E-state index < -0.39 is 0 Å². The lowest BCUT2D eigenvalue weighted by molar-refractivity contribution is 0.649. The van der Waals surface area contributed by atoms with Crippen LogP contribution < -0.4 is 0 Å². The third-order valence-electron chi connectivity index (χ3n) is 0.471. The van der Waals surface area contributed by atoms with E-state index in [4.69, 9.17) is 9.79 Å². The largest absolute Gasteiger partial charge is 0.378 e. The first kappa shape index (κ1) is 7.84. The van der Waals surface area contributed by atoms with Gasteiger partial charge < -0.3 is 9.79 Å². The van der Waals surface area contributed by atoms with Crippen LogP contribution in [0.15, 0.2) is 0 Å². The summed E-state index contributed by atoms with van der Waals surface area (Å²) < 4.78 is 0. The highest BCUT2D eigenvalue weighted by Gasteiger charge is 1.85. The smallest absolute Gasteiger partial charge is 0.126 e.